The van der Waals surface area contributed by atoms with Crippen LogP contribution < -0.4 is 4.90 Å². The molecule has 1 atom stereocenters. The fourth-order valence-electron chi connectivity index (χ4n) is 3.13. The Bertz CT molecular complexity index is 786. The summed E-state index contributed by atoms with van der Waals surface area (Å²) in [6, 6.07) is 4.10. The molecule has 1 aliphatic heterocycles. The van der Waals surface area contributed by atoms with Gasteiger partial charge in [0.1, 0.15) is 18.0 Å². The molecule has 3 aromatic heterocycles. The minimum absolute atomic E-state index is 0.446. The van der Waals surface area contributed by atoms with Crippen LogP contribution in [0.3, 0.4) is 0 Å². The summed E-state index contributed by atoms with van der Waals surface area (Å²) >= 11 is 1.72. The van der Waals surface area contributed by atoms with Gasteiger partial charge in [0.15, 0.2) is 0 Å². The van der Waals surface area contributed by atoms with Crippen LogP contribution in [-0.4, -0.2) is 33.0 Å². The predicted octanol–water partition coefficient (Wildman–Crippen LogP) is 3.17. The van der Waals surface area contributed by atoms with Gasteiger partial charge in [-0.15, -0.1) is 11.3 Å². The summed E-state index contributed by atoms with van der Waals surface area (Å²) in [5, 5.41) is 2.09. The maximum Gasteiger partial charge on any atom is 0.150 e. The molecule has 0 aromatic carbocycles. The molecule has 0 spiro atoms. The summed E-state index contributed by atoms with van der Waals surface area (Å²) in [5.74, 6) is 2.36. The van der Waals surface area contributed by atoms with E-state index >= 15 is 0 Å². The van der Waals surface area contributed by atoms with Gasteiger partial charge in [-0.05, 0) is 37.3 Å². The smallest absolute Gasteiger partial charge is 0.150 e. The summed E-state index contributed by atoms with van der Waals surface area (Å²) < 4.78 is 1.19. The van der Waals surface area contributed by atoms with Gasteiger partial charge in [0.05, 0.1) is 10.2 Å². The van der Waals surface area contributed by atoms with Crippen molar-refractivity contribution in [2.75, 3.05) is 18.0 Å². The van der Waals surface area contributed by atoms with E-state index in [4.69, 9.17) is 4.98 Å². The molecule has 0 saturated carbocycles. The van der Waals surface area contributed by atoms with Crippen LogP contribution in [0.2, 0.25) is 0 Å². The predicted molar refractivity (Wildman–Crippen MR) is 88.4 cm³/mol. The molecule has 0 unspecified atom stereocenters. The Hall–Kier alpha value is -2.08. The number of hydrogen-bond donors (Lipinski definition) is 0. The molecule has 0 N–H and O–H groups in total. The first-order valence-corrected chi connectivity index (χ1v) is 8.42. The Balaban J connectivity index is 1.68. The van der Waals surface area contributed by atoms with Crippen LogP contribution in [0.5, 0.6) is 0 Å². The molecule has 4 rings (SSSR count). The minimum Gasteiger partial charge on any atom is -0.355 e. The van der Waals surface area contributed by atoms with Crippen molar-refractivity contribution in [3.8, 4) is 0 Å². The standard InChI is InChI=1S/C16H17N5S/c1-11-19-14-5-8-22-15(14)16(20-11)21-7-2-3-12(9-21)13-4-6-17-10-18-13/h4-6,8,10,12H,2-3,7,9H2,1H3/t12-/m1/s1. The molecule has 5 nitrogen and oxygen atoms in total. The maximum absolute atomic E-state index is 4.72. The van der Waals surface area contributed by atoms with E-state index in [1.807, 2.05) is 19.2 Å². The topological polar surface area (TPSA) is 54.8 Å². The zero-order valence-electron chi connectivity index (χ0n) is 12.4. The highest BCUT2D eigenvalue weighted by atomic mass is 32.1. The molecule has 3 aromatic rings. The number of aromatic nitrogens is 4. The van der Waals surface area contributed by atoms with Gasteiger partial charge < -0.3 is 4.90 Å². The van der Waals surface area contributed by atoms with E-state index in [9.17, 15) is 0 Å². The van der Waals surface area contributed by atoms with Crippen molar-refractivity contribution >= 4 is 27.4 Å². The summed E-state index contributed by atoms with van der Waals surface area (Å²) in [6.45, 7) is 3.97. The average Bonchev–Trinajstić information content (AvgIpc) is 3.03. The number of piperidine rings is 1. The molecule has 4 heterocycles. The van der Waals surface area contributed by atoms with E-state index in [0.717, 1.165) is 42.4 Å². The Morgan fingerprint density at radius 2 is 2.23 bits per heavy atom. The second-order valence-electron chi connectivity index (χ2n) is 5.65. The van der Waals surface area contributed by atoms with E-state index < -0.39 is 0 Å². The highest BCUT2D eigenvalue weighted by Crippen LogP contribution is 2.33. The molecular weight excluding hydrogens is 294 g/mol. The molecule has 1 aliphatic rings. The zero-order chi connectivity index (χ0) is 14.9. The van der Waals surface area contributed by atoms with E-state index in [-0.39, 0.29) is 0 Å². The maximum atomic E-state index is 4.72. The molecule has 6 heteroatoms. The zero-order valence-corrected chi connectivity index (χ0v) is 13.3. The molecule has 1 fully saturated rings. The van der Waals surface area contributed by atoms with Crippen LogP contribution in [0.15, 0.2) is 30.0 Å². The molecule has 0 amide bonds. The third-order valence-corrected chi connectivity index (χ3v) is 5.04. The highest BCUT2D eigenvalue weighted by Gasteiger charge is 2.25. The lowest BCUT2D eigenvalue weighted by Crippen LogP contribution is -2.35. The second kappa shape index (κ2) is 5.61. The van der Waals surface area contributed by atoms with Crippen LogP contribution in [0.25, 0.3) is 10.2 Å². The summed E-state index contributed by atoms with van der Waals surface area (Å²) in [7, 11) is 0. The van der Waals surface area contributed by atoms with Gasteiger partial charge in [0.2, 0.25) is 0 Å². The molecule has 0 radical (unpaired) electrons. The molecule has 22 heavy (non-hydrogen) atoms. The van der Waals surface area contributed by atoms with Crippen molar-refractivity contribution in [2.45, 2.75) is 25.7 Å². The fraction of sp³-hybridized carbons (Fsp3) is 0.375. The Kier molecular flexibility index (Phi) is 3.46. The van der Waals surface area contributed by atoms with Crippen LogP contribution >= 0.6 is 11.3 Å². The van der Waals surface area contributed by atoms with Gasteiger partial charge >= 0.3 is 0 Å². The lowest BCUT2D eigenvalue weighted by atomic mass is 9.94. The number of nitrogens with zero attached hydrogens (tertiary/aromatic N) is 5. The van der Waals surface area contributed by atoms with Crippen molar-refractivity contribution in [3.05, 3.63) is 41.6 Å². The third kappa shape index (κ3) is 2.43. The van der Waals surface area contributed by atoms with Gasteiger partial charge in [-0.2, -0.15) is 0 Å². The van der Waals surface area contributed by atoms with Gasteiger partial charge in [-0.1, -0.05) is 0 Å². The van der Waals surface area contributed by atoms with Crippen molar-refractivity contribution in [3.63, 3.8) is 0 Å². The first-order valence-electron chi connectivity index (χ1n) is 7.54. The Morgan fingerprint density at radius 1 is 1.27 bits per heavy atom. The number of aryl methyl sites for hydroxylation is 1. The molecule has 112 valence electrons. The van der Waals surface area contributed by atoms with Crippen molar-refractivity contribution in [1.29, 1.82) is 0 Å². The Labute approximate surface area is 133 Å². The van der Waals surface area contributed by atoms with Crippen LogP contribution in [0.4, 0.5) is 5.82 Å². The lowest BCUT2D eigenvalue weighted by molar-refractivity contribution is 0.498. The van der Waals surface area contributed by atoms with Crippen molar-refractivity contribution in [2.24, 2.45) is 0 Å². The van der Waals surface area contributed by atoms with Crippen LogP contribution in [0, 0.1) is 6.92 Å². The quantitative estimate of drug-likeness (QED) is 0.727. The second-order valence-corrected chi connectivity index (χ2v) is 6.56. The normalized spacial score (nSPS) is 18.8. The van der Waals surface area contributed by atoms with Gasteiger partial charge in [-0.25, -0.2) is 19.9 Å². The van der Waals surface area contributed by atoms with Crippen LogP contribution in [-0.2, 0) is 0 Å². The molecule has 0 aliphatic carbocycles. The number of thiophene rings is 1. The van der Waals surface area contributed by atoms with Crippen molar-refractivity contribution in [1.82, 2.24) is 19.9 Å². The number of hydrogen-bond acceptors (Lipinski definition) is 6. The van der Waals surface area contributed by atoms with E-state index in [1.54, 1.807) is 17.7 Å². The first kappa shape index (κ1) is 13.6. The summed E-state index contributed by atoms with van der Waals surface area (Å²) in [6.07, 6.45) is 5.80. The number of rotatable bonds is 2. The summed E-state index contributed by atoms with van der Waals surface area (Å²) in [5.41, 5.74) is 2.18. The minimum atomic E-state index is 0.446. The SMILES string of the molecule is Cc1nc(N2CCC[C@@H](c3ccncn3)C2)c2sccc2n1. The van der Waals surface area contributed by atoms with Gasteiger partial charge in [0, 0.05) is 30.9 Å². The molecule has 0 bridgehead atoms. The lowest BCUT2D eigenvalue weighted by Gasteiger charge is -2.33. The summed E-state index contributed by atoms with van der Waals surface area (Å²) in [4.78, 5) is 20.1. The molecular formula is C16H17N5S. The van der Waals surface area contributed by atoms with E-state index in [1.165, 1.54) is 11.1 Å². The first-order chi connectivity index (χ1) is 10.8. The fourth-order valence-corrected chi connectivity index (χ4v) is 3.98. The van der Waals surface area contributed by atoms with Gasteiger partial charge in [0.25, 0.3) is 0 Å². The van der Waals surface area contributed by atoms with Gasteiger partial charge in [-0.3, -0.25) is 0 Å². The third-order valence-electron chi connectivity index (χ3n) is 4.14. The monoisotopic (exact) mass is 311 g/mol. The van der Waals surface area contributed by atoms with E-state index in [2.05, 4.69) is 31.3 Å². The van der Waals surface area contributed by atoms with Crippen molar-refractivity contribution < 1.29 is 0 Å². The van der Waals surface area contributed by atoms with E-state index in [0.29, 0.717) is 5.92 Å². The Morgan fingerprint density at radius 3 is 3.09 bits per heavy atom. The number of fused-ring (bicyclic) bond motifs is 1. The highest BCUT2D eigenvalue weighted by molar-refractivity contribution is 7.17. The van der Waals surface area contributed by atoms with Crippen LogP contribution in [0.1, 0.15) is 30.3 Å². The number of anilines is 1. The average molecular weight is 311 g/mol. The molecule has 1 saturated heterocycles. The largest absolute Gasteiger partial charge is 0.355 e.